The predicted octanol–water partition coefficient (Wildman–Crippen LogP) is 1.55. The van der Waals surface area contributed by atoms with Crippen molar-refractivity contribution in [2.24, 2.45) is 0 Å². The molecular formula is C17H24ClN3O2. The minimum Gasteiger partial charge on any atom is -0.356 e. The van der Waals surface area contributed by atoms with Crippen molar-refractivity contribution < 1.29 is 9.59 Å². The fourth-order valence-electron chi connectivity index (χ4n) is 2.67. The quantitative estimate of drug-likeness (QED) is 0.857. The van der Waals surface area contributed by atoms with E-state index in [9.17, 15) is 9.59 Å². The van der Waals surface area contributed by atoms with Crippen molar-refractivity contribution in [1.29, 1.82) is 0 Å². The number of amides is 2. The van der Waals surface area contributed by atoms with E-state index in [2.05, 4.69) is 10.2 Å². The maximum atomic E-state index is 11.9. The van der Waals surface area contributed by atoms with Crippen molar-refractivity contribution in [2.75, 3.05) is 39.3 Å². The molecule has 1 heterocycles. The Hall–Kier alpha value is -1.59. The van der Waals surface area contributed by atoms with Gasteiger partial charge in [-0.1, -0.05) is 23.7 Å². The Morgan fingerprint density at radius 2 is 1.96 bits per heavy atom. The summed E-state index contributed by atoms with van der Waals surface area (Å²) in [6.45, 7) is 6.16. The smallest absolute Gasteiger partial charge is 0.221 e. The lowest BCUT2D eigenvalue weighted by atomic mass is 10.1. The predicted molar refractivity (Wildman–Crippen MR) is 91.5 cm³/mol. The van der Waals surface area contributed by atoms with Gasteiger partial charge in [0.05, 0.1) is 0 Å². The first kappa shape index (κ1) is 17.8. The lowest BCUT2D eigenvalue weighted by Crippen LogP contribution is -2.48. The first-order valence-corrected chi connectivity index (χ1v) is 8.41. The molecular weight excluding hydrogens is 314 g/mol. The Labute approximate surface area is 142 Å². The van der Waals surface area contributed by atoms with Crippen LogP contribution in [0.1, 0.15) is 18.9 Å². The molecule has 0 bridgehead atoms. The number of benzene rings is 1. The molecule has 0 saturated carbocycles. The topological polar surface area (TPSA) is 52.7 Å². The highest BCUT2D eigenvalue weighted by Gasteiger charge is 2.18. The molecule has 2 rings (SSSR count). The average Bonchev–Trinajstić information content (AvgIpc) is 2.53. The van der Waals surface area contributed by atoms with Crippen molar-refractivity contribution in [3.05, 3.63) is 34.9 Å². The van der Waals surface area contributed by atoms with Gasteiger partial charge in [0.25, 0.3) is 0 Å². The Balaban J connectivity index is 1.59. The van der Waals surface area contributed by atoms with Crippen LogP contribution in [0.2, 0.25) is 5.02 Å². The van der Waals surface area contributed by atoms with Crippen LogP contribution >= 0.6 is 11.6 Å². The maximum absolute atomic E-state index is 11.9. The Morgan fingerprint density at radius 3 is 2.61 bits per heavy atom. The maximum Gasteiger partial charge on any atom is 0.221 e. The third-order valence-electron chi connectivity index (χ3n) is 4.10. The van der Waals surface area contributed by atoms with Crippen LogP contribution < -0.4 is 5.32 Å². The summed E-state index contributed by atoms with van der Waals surface area (Å²) >= 11 is 5.93. The SMILES string of the molecule is CC(=O)N1CCN(CCC(=O)NCCc2cccc(Cl)c2)CC1. The number of nitrogens with one attached hydrogen (secondary N) is 1. The van der Waals surface area contributed by atoms with E-state index in [-0.39, 0.29) is 11.8 Å². The van der Waals surface area contributed by atoms with Crippen LogP contribution in [-0.4, -0.2) is 60.9 Å². The summed E-state index contributed by atoms with van der Waals surface area (Å²) in [6.07, 6.45) is 1.28. The van der Waals surface area contributed by atoms with Gasteiger partial charge in [-0.15, -0.1) is 0 Å². The van der Waals surface area contributed by atoms with Gasteiger partial charge in [0, 0.05) is 57.6 Å². The molecule has 0 unspecified atom stereocenters. The molecule has 0 aromatic heterocycles. The Morgan fingerprint density at radius 1 is 1.22 bits per heavy atom. The molecule has 1 aliphatic heterocycles. The summed E-state index contributed by atoms with van der Waals surface area (Å²) in [4.78, 5) is 27.2. The zero-order valence-corrected chi connectivity index (χ0v) is 14.3. The van der Waals surface area contributed by atoms with Crippen molar-refractivity contribution in [1.82, 2.24) is 15.1 Å². The van der Waals surface area contributed by atoms with Crippen LogP contribution in [0.4, 0.5) is 0 Å². The van der Waals surface area contributed by atoms with E-state index in [1.54, 1.807) is 6.92 Å². The number of rotatable bonds is 6. The number of halogens is 1. The monoisotopic (exact) mass is 337 g/mol. The number of carbonyl (C=O) groups excluding carboxylic acids is 2. The zero-order valence-electron chi connectivity index (χ0n) is 13.6. The molecule has 0 spiro atoms. The van der Waals surface area contributed by atoms with Gasteiger partial charge in [-0.25, -0.2) is 0 Å². The third kappa shape index (κ3) is 6.20. The molecule has 5 nitrogen and oxygen atoms in total. The van der Waals surface area contributed by atoms with Crippen LogP contribution in [0.15, 0.2) is 24.3 Å². The molecule has 1 aliphatic rings. The van der Waals surface area contributed by atoms with E-state index in [0.29, 0.717) is 13.0 Å². The molecule has 1 aromatic carbocycles. The number of piperazine rings is 1. The zero-order chi connectivity index (χ0) is 16.7. The lowest BCUT2D eigenvalue weighted by molar-refractivity contribution is -0.131. The first-order valence-electron chi connectivity index (χ1n) is 8.03. The molecule has 0 atom stereocenters. The normalized spacial score (nSPS) is 15.5. The van der Waals surface area contributed by atoms with E-state index in [1.807, 2.05) is 29.2 Å². The van der Waals surface area contributed by atoms with Gasteiger partial charge in [0.1, 0.15) is 0 Å². The van der Waals surface area contributed by atoms with Gasteiger partial charge in [-0.2, -0.15) is 0 Å². The minimum atomic E-state index is 0.0704. The van der Waals surface area contributed by atoms with Crippen LogP contribution in [0, 0.1) is 0 Å². The van der Waals surface area contributed by atoms with Gasteiger partial charge in [-0.3, -0.25) is 14.5 Å². The summed E-state index contributed by atoms with van der Waals surface area (Å²) in [6, 6.07) is 7.68. The second-order valence-electron chi connectivity index (χ2n) is 5.83. The molecule has 1 aromatic rings. The first-order chi connectivity index (χ1) is 11.0. The Bertz CT molecular complexity index is 542. The van der Waals surface area contributed by atoms with E-state index in [4.69, 9.17) is 11.6 Å². The summed E-state index contributed by atoms with van der Waals surface area (Å²) in [7, 11) is 0. The number of nitrogens with zero attached hydrogens (tertiary/aromatic N) is 2. The molecule has 0 aliphatic carbocycles. The van der Waals surface area contributed by atoms with E-state index in [1.165, 1.54) is 0 Å². The summed E-state index contributed by atoms with van der Waals surface area (Å²) in [5, 5.41) is 3.66. The minimum absolute atomic E-state index is 0.0704. The molecule has 1 saturated heterocycles. The van der Waals surface area contributed by atoms with Crippen molar-refractivity contribution in [3.63, 3.8) is 0 Å². The van der Waals surface area contributed by atoms with Gasteiger partial charge < -0.3 is 10.2 Å². The molecule has 6 heteroatoms. The van der Waals surface area contributed by atoms with E-state index in [0.717, 1.165) is 49.7 Å². The molecule has 1 fully saturated rings. The van der Waals surface area contributed by atoms with Crippen molar-refractivity contribution in [3.8, 4) is 0 Å². The molecule has 1 N–H and O–H groups in total. The van der Waals surface area contributed by atoms with Crippen molar-refractivity contribution >= 4 is 23.4 Å². The second kappa shape index (κ2) is 8.89. The van der Waals surface area contributed by atoms with E-state index >= 15 is 0 Å². The fourth-order valence-corrected chi connectivity index (χ4v) is 2.89. The summed E-state index contributed by atoms with van der Waals surface area (Å²) in [5.41, 5.74) is 1.12. The summed E-state index contributed by atoms with van der Waals surface area (Å²) in [5.74, 6) is 0.199. The van der Waals surface area contributed by atoms with Gasteiger partial charge >= 0.3 is 0 Å². The lowest BCUT2D eigenvalue weighted by Gasteiger charge is -2.34. The van der Waals surface area contributed by atoms with Crippen LogP contribution in [-0.2, 0) is 16.0 Å². The van der Waals surface area contributed by atoms with Crippen LogP contribution in [0.5, 0.6) is 0 Å². The molecule has 23 heavy (non-hydrogen) atoms. The highest BCUT2D eigenvalue weighted by molar-refractivity contribution is 6.30. The number of carbonyl (C=O) groups is 2. The Kier molecular flexibility index (Phi) is 6.86. The average molecular weight is 338 g/mol. The molecule has 126 valence electrons. The van der Waals surface area contributed by atoms with Gasteiger partial charge in [-0.05, 0) is 24.1 Å². The summed E-state index contributed by atoms with van der Waals surface area (Å²) < 4.78 is 0. The van der Waals surface area contributed by atoms with Gasteiger partial charge in [0.2, 0.25) is 11.8 Å². The number of hydrogen-bond donors (Lipinski definition) is 1. The number of hydrogen-bond acceptors (Lipinski definition) is 3. The highest BCUT2D eigenvalue weighted by atomic mass is 35.5. The standard InChI is InChI=1S/C17H24ClN3O2/c1-14(22)21-11-9-20(10-12-21)8-6-17(23)19-7-5-15-3-2-4-16(18)13-15/h2-4,13H,5-12H2,1H3,(H,19,23). The molecule has 0 radical (unpaired) electrons. The fraction of sp³-hybridized carbons (Fsp3) is 0.529. The largest absolute Gasteiger partial charge is 0.356 e. The van der Waals surface area contributed by atoms with Crippen molar-refractivity contribution in [2.45, 2.75) is 19.8 Å². The van der Waals surface area contributed by atoms with Crippen LogP contribution in [0.3, 0.4) is 0 Å². The van der Waals surface area contributed by atoms with Crippen LogP contribution in [0.25, 0.3) is 0 Å². The van der Waals surface area contributed by atoms with Gasteiger partial charge in [0.15, 0.2) is 0 Å². The third-order valence-corrected chi connectivity index (χ3v) is 4.33. The highest BCUT2D eigenvalue weighted by Crippen LogP contribution is 2.10. The molecule has 2 amide bonds. The van der Waals surface area contributed by atoms with E-state index < -0.39 is 0 Å². The second-order valence-corrected chi connectivity index (χ2v) is 6.26.